The summed E-state index contributed by atoms with van der Waals surface area (Å²) >= 11 is 0. The highest BCUT2D eigenvalue weighted by Gasteiger charge is 2.37. The second-order valence-corrected chi connectivity index (χ2v) is 5.55. The maximum Gasteiger partial charge on any atom is 0.155 e. The van der Waals surface area contributed by atoms with Crippen LogP contribution in [0.3, 0.4) is 0 Å². The summed E-state index contributed by atoms with van der Waals surface area (Å²) in [6.07, 6.45) is 6.79. The Balaban J connectivity index is 2.86. The Hall–Kier alpha value is -0.850. The van der Waals surface area contributed by atoms with Gasteiger partial charge in [0, 0.05) is 6.42 Å². The maximum absolute atomic E-state index is 11.3. The SMILES string of the molecule is C=C1CCC(C)C(/C=C/C(=O)CC)C1(C)C. The van der Waals surface area contributed by atoms with Gasteiger partial charge in [-0.1, -0.05) is 45.9 Å². The molecule has 0 saturated heterocycles. The Morgan fingerprint density at radius 3 is 2.75 bits per heavy atom. The van der Waals surface area contributed by atoms with Gasteiger partial charge in [0.05, 0.1) is 0 Å². The molecule has 1 rings (SSSR count). The first-order valence-corrected chi connectivity index (χ1v) is 6.28. The van der Waals surface area contributed by atoms with Gasteiger partial charge in [-0.25, -0.2) is 0 Å². The first kappa shape index (κ1) is 13.2. The van der Waals surface area contributed by atoms with Gasteiger partial charge in [0.25, 0.3) is 0 Å². The van der Waals surface area contributed by atoms with Crippen LogP contribution in [0.25, 0.3) is 0 Å². The third-order valence-corrected chi connectivity index (χ3v) is 4.10. The van der Waals surface area contributed by atoms with Crippen molar-refractivity contribution in [3.8, 4) is 0 Å². The van der Waals surface area contributed by atoms with Gasteiger partial charge in [0.2, 0.25) is 0 Å². The van der Waals surface area contributed by atoms with Crippen molar-refractivity contribution in [2.24, 2.45) is 17.3 Å². The predicted octanol–water partition coefficient (Wildman–Crippen LogP) is 4.15. The fourth-order valence-electron chi connectivity index (χ4n) is 2.61. The van der Waals surface area contributed by atoms with Crippen molar-refractivity contribution >= 4 is 5.78 Å². The third kappa shape index (κ3) is 2.63. The fraction of sp³-hybridized carbons (Fsp3) is 0.667. The molecule has 2 atom stereocenters. The molecule has 0 aromatic heterocycles. The first-order chi connectivity index (χ1) is 7.39. The molecule has 0 bridgehead atoms. The topological polar surface area (TPSA) is 17.1 Å². The molecule has 1 aliphatic carbocycles. The fourth-order valence-corrected chi connectivity index (χ4v) is 2.61. The average molecular weight is 220 g/mol. The highest BCUT2D eigenvalue weighted by molar-refractivity contribution is 5.89. The lowest BCUT2D eigenvalue weighted by Crippen LogP contribution is -2.34. The van der Waals surface area contributed by atoms with Crippen LogP contribution >= 0.6 is 0 Å². The van der Waals surface area contributed by atoms with Crippen LogP contribution in [0.15, 0.2) is 24.3 Å². The van der Waals surface area contributed by atoms with Gasteiger partial charge in [0.1, 0.15) is 0 Å². The number of carbonyl (C=O) groups excluding carboxylic acids is 1. The van der Waals surface area contributed by atoms with Crippen molar-refractivity contribution in [2.75, 3.05) is 0 Å². The van der Waals surface area contributed by atoms with E-state index < -0.39 is 0 Å². The molecule has 1 aliphatic rings. The predicted molar refractivity (Wildman–Crippen MR) is 69.2 cm³/mol. The Labute approximate surface area is 99.6 Å². The monoisotopic (exact) mass is 220 g/mol. The molecule has 90 valence electrons. The summed E-state index contributed by atoms with van der Waals surface area (Å²) in [5.41, 5.74) is 1.45. The summed E-state index contributed by atoms with van der Waals surface area (Å²) in [5, 5.41) is 0. The molecule has 1 heteroatoms. The number of hydrogen-bond donors (Lipinski definition) is 0. The Morgan fingerprint density at radius 1 is 1.56 bits per heavy atom. The highest BCUT2D eigenvalue weighted by atomic mass is 16.1. The number of hydrogen-bond acceptors (Lipinski definition) is 1. The summed E-state index contributed by atoms with van der Waals surface area (Å²) in [7, 11) is 0. The Kier molecular flexibility index (Phi) is 4.12. The first-order valence-electron chi connectivity index (χ1n) is 6.28. The molecule has 16 heavy (non-hydrogen) atoms. The molecule has 0 spiro atoms. The van der Waals surface area contributed by atoms with Gasteiger partial charge in [-0.15, -0.1) is 0 Å². The second kappa shape index (κ2) is 4.99. The molecule has 0 aromatic rings. The van der Waals surface area contributed by atoms with Gasteiger partial charge in [-0.3, -0.25) is 4.79 Å². The summed E-state index contributed by atoms with van der Waals surface area (Å²) in [6.45, 7) is 12.9. The van der Waals surface area contributed by atoms with E-state index in [4.69, 9.17) is 0 Å². The zero-order valence-electron chi connectivity index (χ0n) is 11.0. The van der Waals surface area contributed by atoms with Crippen LogP contribution in [-0.2, 0) is 4.79 Å². The van der Waals surface area contributed by atoms with Gasteiger partial charge in [0.15, 0.2) is 5.78 Å². The standard InChI is InChI=1S/C15H24O/c1-6-13(16)9-10-14-11(2)7-8-12(3)15(14,4)5/h9-11,14H,3,6-8H2,1-2,4-5H3/b10-9+. The Morgan fingerprint density at radius 2 is 2.19 bits per heavy atom. The van der Waals surface area contributed by atoms with E-state index in [2.05, 4.69) is 33.4 Å². The average Bonchev–Trinajstić information content (AvgIpc) is 2.23. The van der Waals surface area contributed by atoms with E-state index in [1.807, 2.05) is 6.92 Å². The molecule has 0 N–H and O–H groups in total. The van der Waals surface area contributed by atoms with Crippen LogP contribution in [0.4, 0.5) is 0 Å². The van der Waals surface area contributed by atoms with Gasteiger partial charge < -0.3 is 0 Å². The normalized spacial score (nSPS) is 29.6. The molecular formula is C15H24O. The number of carbonyl (C=O) groups is 1. The number of ketones is 1. The lowest BCUT2D eigenvalue weighted by Gasteiger charge is -2.43. The van der Waals surface area contributed by atoms with Crippen LogP contribution in [0, 0.1) is 17.3 Å². The van der Waals surface area contributed by atoms with E-state index in [1.54, 1.807) is 6.08 Å². The van der Waals surface area contributed by atoms with Crippen LogP contribution in [0.5, 0.6) is 0 Å². The summed E-state index contributed by atoms with van der Waals surface area (Å²) < 4.78 is 0. The zero-order valence-corrected chi connectivity index (χ0v) is 11.0. The number of rotatable bonds is 3. The van der Waals surface area contributed by atoms with Crippen molar-refractivity contribution in [3.63, 3.8) is 0 Å². The van der Waals surface area contributed by atoms with Crippen LogP contribution < -0.4 is 0 Å². The van der Waals surface area contributed by atoms with Crippen molar-refractivity contribution < 1.29 is 4.79 Å². The van der Waals surface area contributed by atoms with Crippen molar-refractivity contribution in [1.29, 1.82) is 0 Å². The molecule has 0 aromatic carbocycles. The Bertz CT molecular complexity index is 309. The highest BCUT2D eigenvalue weighted by Crippen LogP contribution is 2.47. The smallest absolute Gasteiger partial charge is 0.155 e. The van der Waals surface area contributed by atoms with Crippen LogP contribution in [-0.4, -0.2) is 5.78 Å². The van der Waals surface area contributed by atoms with Crippen molar-refractivity contribution in [3.05, 3.63) is 24.3 Å². The van der Waals surface area contributed by atoms with Crippen LogP contribution in [0.1, 0.15) is 47.0 Å². The van der Waals surface area contributed by atoms with Crippen LogP contribution in [0.2, 0.25) is 0 Å². The minimum atomic E-state index is 0.127. The van der Waals surface area contributed by atoms with Gasteiger partial charge >= 0.3 is 0 Å². The maximum atomic E-state index is 11.3. The van der Waals surface area contributed by atoms with Crippen molar-refractivity contribution in [2.45, 2.75) is 47.0 Å². The van der Waals surface area contributed by atoms with E-state index >= 15 is 0 Å². The summed E-state index contributed by atoms with van der Waals surface area (Å²) in [5.74, 6) is 1.31. The molecule has 1 nitrogen and oxygen atoms in total. The molecule has 0 radical (unpaired) electrons. The number of allylic oxidation sites excluding steroid dienone is 3. The molecular weight excluding hydrogens is 196 g/mol. The van der Waals surface area contributed by atoms with Crippen molar-refractivity contribution in [1.82, 2.24) is 0 Å². The van der Waals surface area contributed by atoms with E-state index in [-0.39, 0.29) is 11.2 Å². The summed E-state index contributed by atoms with van der Waals surface area (Å²) in [4.78, 5) is 11.3. The molecule has 1 fully saturated rings. The van der Waals surface area contributed by atoms with E-state index in [0.29, 0.717) is 18.3 Å². The largest absolute Gasteiger partial charge is 0.295 e. The molecule has 0 heterocycles. The molecule has 1 saturated carbocycles. The van der Waals surface area contributed by atoms with E-state index in [1.165, 1.54) is 12.0 Å². The quantitative estimate of drug-likeness (QED) is 0.516. The third-order valence-electron chi connectivity index (χ3n) is 4.10. The molecule has 0 aliphatic heterocycles. The second-order valence-electron chi connectivity index (χ2n) is 5.55. The zero-order chi connectivity index (χ0) is 12.3. The van der Waals surface area contributed by atoms with E-state index in [0.717, 1.165) is 6.42 Å². The van der Waals surface area contributed by atoms with E-state index in [9.17, 15) is 4.79 Å². The minimum absolute atomic E-state index is 0.127. The lowest BCUT2D eigenvalue weighted by molar-refractivity contribution is -0.114. The summed E-state index contributed by atoms with van der Waals surface area (Å²) in [6, 6.07) is 0. The van der Waals surface area contributed by atoms with Gasteiger partial charge in [-0.05, 0) is 36.2 Å². The molecule has 2 unspecified atom stereocenters. The minimum Gasteiger partial charge on any atom is -0.295 e. The molecule has 0 amide bonds. The lowest BCUT2D eigenvalue weighted by atomic mass is 9.62. The van der Waals surface area contributed by atoms with Gasteiger partial charge in [-0.2, -0.15) is 0 Å².